The molecule has 0 aromatic carbocycles. The maximum atomic E-state index is 12.3. The molecule has 0 aliphatic heterocycles. The van der Waals surface area contributed by atoms with E-state index in [1.807, 2.05) is 5.38 Å². The van der Waals surface area contributed by atoms with E-state index in [2.05, 4.69) is 29.2 Å². The minimum atomic E-state index is -0.342. The molecule has 2 aromatic heterocycles. The first-order valence-corrected chi connectivity index (χ1v) is 7.80. The number of hydrogen-bond acceptors (Lipinski definition) is 5. The van der Waals surface area contributed by atoms with Gasteiger partial charge in [0.05, 0.1) is 17.7 Å². The van der Waals surface area contributed by atoms with Crippen LogP contribution in [-0.4, -0.2) is 38.4 Å². The maximum absolute atomic E-state index is 12.3. The van der Waals surface area contributed by atoms with Crippen LogP contribution in [0.15, 0.2) is 23.8 Å². The van der Waals surface area contributed by atoms with Crippen LogP contribution in [0.3, 0.4) is 0 Å². The van der Waals surface area contributed by atoms with Crippen LogP contribution >= 0.6 is 11.3 Å². The highest BCUT2D eigenvalue weighted by atomic mass is 32.1. The number of nitrogens with one attached hydrogen (secondary N) is 1. The molecule has 0 radical (unpaired) electrons. The highest BCUT2D eigenvalue weighted by Gasteiger charge is 2.18. The Morgan fingerprint density at radius 3 is 2.90 bits per heavy atom. The monoisotopic (exact) mass is 308 g/mol. The molecule has 0 bridgehead atoms. The molecule has 1 unspecified atom stereocenters. The van der Waals surface area contributed by atoms with Crippen LogP contribution in [0.5, 0.6) is 0 Å². The Kier molecular flexibility index (Phi) is 5.46. The van der Waals surface area contributed by atoms with Gasteiger partial charge >= 0.3 is 0 Å². The molecule has 21 heavy (non-hydrogen) atoms. The second-order valence-electron chi connectivity index (χ2n) is 5.28. The van der Waals surface area contributed by atoms with Crippen LogP contribution in [0.25, 0.3) is 0 Å². The first-order valence-electron chi connectivity index (χ1n) is 6.92. The molecular weight excluding hydrogens is 288 g/mol. The minimum Gasteiger partial charge on any atom is -0.394 e. The SMILES string of the molecule is CC(C)Cn1nccc1C(=O)NC(CO)Cc1nccs1. The summed E-state index contributed by atoms with van der Waals surface area (Å²) in [6.07, 6.45) is 3.86. The number of nitrogens with zero attached hydrogens (tertiary/aromatic N) is 3. The zero-order valence-electron chi connectivity index (χ0n) is 12.2. The van der Waals surface area contributed by atoms with Gasteiger partial charge in [0.2, 0.25) is 0 Å². The topological polar surface area (TPSA) is 80.0 Å². The second-order valence-corrected chi connectivity index (χ2v) is 6.25. The molecule has 6 nitrogen and oxygen atoms in total. The average molecular weight is 308 g/mol. The molecule has 114 valence electrons. The third kappa shape index (κ3) is 4.37. The van der Waals surface area contributed by atoms with Gasteiger partial charge in [0.1, 0.15) is 5.69 Å². The van der Waals surface area contributed by atoms with Crippen molar-refractivity contribution >= 4 is 17.2 Å². The summed E-state index contributed by atoms with van der Waals surface area (Å²) < 4.78 is 1.69. The number of carbonyl (C=O) groups is 1. The van der Waals surface area contributed by atoms with E-state index in [0.29, 0.717) is 24.6 Å². The molecule has 0 aliphatic rings. The predicted molar refractivity (Wildman–Crippen MR) is 81.2 cm³/mol. The number of carbonyl (C=O) groups excluding carboxylic acids is 1. The van der Waals surface area contributed by atoms with Gasteiger partial charge in [-0.05, 0) is 12.0 Å². The molecule has 7 heteroatoms. The van der Waals surface area contributed by atoms with Crippen molar-refractivity contribution in [3.63, 3.8) is 0 Å². The number of hydrogen-bond donors (Lipinski definition) is 2. The number of amides is 1. The predicted octanol–water partition coefficient (Wildman–Crippen LogP) is 1.33. The fourth-order valence-electron chi connectivity index (χ4n) is 2.00. The van der Waals surface area contributed by atoms with E-state index in [0.717, 1.165) is 5.01 Å². The van der Waals surface area contributed by atoms with Crippen molar-refractivity contribution in [2.75, 3.05) is 6.61 Å². The lowest BCUT2D eigenvalue weighted by atomic mass is 10.2. The molecule has 0 saturated carbocycles. The quantitative estimate of drug-likeness (QED) is 0.808. The van der Waals surface area contributed by atoms with Crippen molar-refractivity contribution in [3.8, 4) is 0 Å². The molecule has 0 aliphatic carbocycles. The summed E-state index contributed by atoms with van der Waals surface area (Å²) in [6, 6.07) is 1.35. The number of aromatic nitrogens is 3. The Balaban J connectivity index is 2.00. The van der Waals surface area contributed by atoms with Gasteiger partial charge in [0, 0.05) is 30.7 Å². The molecule has 2 heterocycles. The van der Waals surface area contributed by atoms with Crippen molar-refractivity contribution in [2.45, 2.75) is 32.9 Å². The lowest BCUT2D eigenvalue weighted by Gasteiger charge is -2.16. The molecule has 1 amide bonds. The van der Waals surface area contributed by atoms with E-state index < -0.39 is 0 Å². The summed E-state index contributed by atoms with van der Waals surface area (Å²) in [5.41, 5.74) is 0.515. The third-order valence-electron chi connectivity index (χ3n) is 2.95. The van der Waals surface area contributed by atoms with Gasteiger partial charge in [0.25, 0.3) is 5.91 Å². The van der Waals surface area contributed by atoms with Crippen LogP contribution in [-0.2, 0) is 13.0 Å². The summed E-state index contributed by atoms with van der Waals surface area (Å²) in [5.74, 6) is 0.184. The van der Waals surface area contributed by atoms with E-state index >= 15 is 0 Å². The third-order valence-corrected chi connectivity index (χ3v) is 3.75. The molecule has 0 fully saturated rings. The van der Waals surface area contributed by atoms with E-state index in [9.17, 15) is 9.90 Å². The van der Waals surface area contributed by atoms with Crippen molar-refractivity contribution in [1.82, 2.24) is 20.1 Å². The van der Waals surface area contributed by atoms with Crippen molar-refractivity contribution < 1.29 is 9.90 Å². The van der Waals surface area contributed by atoms with Gasteiger partial charge in [-0.25, -0.2) is 4.98 Å². The van der Waals surface area contributed by atoms with Crippen LogP contribution in [0, 0.1) is 5.92 Å². The molecule has 0 spiro atoms. The van der Waals surface area contributed by atoms with E-state index in [1.54, 1.807) is 23.1 Å². The fraction of sp³-hybridized carbons (Fsp3) is 0.500. The first-order chi connectivity index (χ1) is 10.1. The molecular formula is C14H20N4O2S. The molecule has 2 aromatic rings. The average Bonchev–Trinajstić information content (AvgIpc) is 3.08. The van der Waals surface area contributed by atoms with Gasteiger partial charge in [-0.2, -0.15) is 5.10 Å². The van der Waals surface area contributed by atoms with E-state index in [4.69, 9.17) is 0 Å². The zero-order valence-corrected chi connectivity index (χ0v) is 13.0. The second kappa shape index (κ2) is 7.33. The van der Waals surface area contributed by atoms with Crippen LogP contribution in [0.1, 0.15) is 29.3 Å². The highest BCUT2D eigenvalue weighted by Crippen LogP contribution is 2.09. The number of rotatable bonds is 7. The molecule has 2 N–H and O–H groups in total. The Hall–Kier alpha value is -1.73. The van der Waals surface area contributed by atoms with Gasteiger partial charge in [-0.15, -0.1) is 11.3 Å². The van der Waals surface area contributed by atoms with Crippen molar-refractivity contribution in [2.24, 2.45) is 5.92 Å². The largest absolute Gasteiger partial charge is 0.394 e. The number of thiazole rings is 1. The normalized spacial score (nSPS) is 12.6. The highest BCUT2D eigenvalue weighted by molar-refractivity contribution is 7.09. The standard InChI is InChI=1S/C14H20N4O2S/c1-10(2)8-18-12(3-4-16-18)14(20)17-11(9-19)7-13-15-5-6-21-13/h3-6,10-11,19H,7-9H2,1-2H3,(H,17,20). The zero-order chi connectivity index (χ0) is 15.2. The van der Waals surface area contributed by atoms with Crippen LogP contribution in [0.4, 0.5) is 0 Å². The van der Waals surface area contributed by atoms with Gasteiger partial charge in [0.15, 0.2) is 0 Å². The fourth-order valence-corrected chi connectivity index (χ4v) is 2.70. The maximum Gasteiger partial charge on any atom is 0.269 e. The Bertz CT molecular complexity index is 565. The van der Waals surface area contributed by atoms with Crippen molar-refractivity contribution in [1.29, 1.82) is 0 Å². The van der Waals surface area contributed by atoms with Crippen LogP contribution < -0.4 is 5.32 Å². The molecule has 1 atom stereocenters. The van der Waals surface area contributed by atoms with Gasteiger partial charge in [-0.1, -0.05) is 13.8 Å². The van der Waals surface area contributed by atoms with E-state index in [1.165, 1.54) is 11.3 Å². The van der Waals surface area contributed by atoms with Crippen LogP contribution in [0.2, 0.25) is 0 Å². The summed E-state index contributed by atoms with van der Waals surface area (Å²) in [5, 5.41) is 19.2. The molecule has 0 saturated heterocycles. The lowest BCUT2D eigenvalue weighted by Crippen LogP contribution is -2.40. The minimum absolute atomic E-state index is 0.121. The Morgan fingerprint density at radius 1 is 1.48 bits per heavy atom. The summed E-state index contributed by atoms with van der Waals surface area (Å²) >= 11 is 1.51. The Morgan fingerprint density at radius 2 is 2.29 bits per heavy atom. The smallest absolute Gasteiger partial charge is 0.269 e. The first kappa shape index (κ1) is 15.7. The summed E-state index contributed by atoms with van der Waals surface area (Å²) in [7, 11) is 0. The lowest BCUT2D eigenvalue weighted by molar-refractivity contribution is 0.0904. The van der Waals surface area contributed by atoms with Gasteiger partial charge < -0.3 is 10.4 Å². The van der Waals surface area contributed by atoms with Gasteiger partial charge in [-0.3, -0.25) is 9.48 Å². The van der Waals surface area contributed by atoms with Crippen molar-refractivity contribution in [3.05, 3.63) is 34.5 Å². The summed E-state index contributed by atoms with van der Waals surface area (Å²) in [4.78, 5) is 16.5. The molecule has 2 rings (SSSR count). The Labute approximate surface area is 127 Å². The number of aliphatic hydroxyl groups is 1. The number of aliphatic hydroxyl groups excluding tert-OH is 1. The summed E-state index contributed by atoms with van der Waals surface area (Å²) in [6.45, 7) is 4.71. The van der Waals surface area contributed by atoms with E-state index in [-0.39, 0.29) is 18.6 Å².